The van der Waals surface area contributed by atoms with E-state index in [1.165, 1.54) is 17.7 Å². The van der Waals surface area contributed by atoms with Crippen LogP contribution in [0.4, 0.5) is 11.4 Å². The van der Waals surface area contributed by atoms with Crippen LogP contribution < -0.4 is 15.0 Å². The third-order valence-electron chi connectivity index (χ3n) is 4.32. The molecule has 5 heteroatoms. The summed E-state index contributed by atoms with van der Waals surface area (Å²) >= 11 is 0. The van der Waals surface area contributed by atoms with E-state index in [1.807, 2.05) is 0 Å². The number of allylic oxidation sites excluding steroid dienone is 1. The lowest BCUT2D eigenvalue weighted by atomic mass is 10.1. The molecular weight excluding hydrogens is 305 g/mol. The summed E-state index contributed by atoms with van der Waals surface area (Å²) in [5, 5.41) is 3.45. The lowest BCUT2D eigenvalue weighted by molar-refractivity contribution is 0.413. The van der Waals surface area contributed by atoms with Crippen molar-refractivity contribution in [1.82, 2.24) is 4.67 Å². The molecule has 1 aromatic rings. The van der Waals surface area contributed by atoms with Crippen molar-refractivity contribution >= 4 is 20.8 Å². The maximum Gasteiger partial charge on any atom is 0.144 e. The first kappa shape index (κ1) is 18.1. The summed E-state index contributed by atoms with van der Waals surface area (Å²) in [5.41, 5.74) is 4.53. The number of hydrogen-bond acceptors (Lipinski definition) is 4. The van der Waals surface area contributed by atoms with Gasteiger partial charge in [0, 0.05) is 43.6 Å². The fourth-order valence-electron chi connectivity index (χ4n) is 2.85. The third-order valence-corrected chi connectivity index (χ3v) is 4.83. The molecule has 1 fully saturated rings. The minimum Gasteiger partial charge on any atom is -0.494 e. The van der Waals surface area contributed by atoms with Crippen molar-refractivity contribution in [3.63, 3.8) is 0 Å². The summed E-state index contributed by atoms with van der Waals surface area (Å²) in [5.74, 6) is 0.894. The fourth-order valence-corrected chi connectivity index (χ4v) is 3.08. The SMILES string of the molecule is C=C(CCCC)Nc1c(C)cc(N2CCN(P)CC2)cc1OC. The van der Waals surface area contributed by atoms with Gasteiger partial charge in [0.2, 0.25) is 0 Å². The molecule has 1 N–H and O–H groups in total. The maximum atomic E-state index is 5.64. The lowest BCUT2D eigenvalue weighted by Gasteiger charge is -2.34. The van der Waals surface area contributed by atoms with Gasteiger partial charge in [-0.1, -0.05) is 29.3 Å². The molecule has 23 heavy (non-hydrogen) atoms. The number of aryl methyl sites for hydroxylation is 1. The molecule has 1 aliphatic rings. The summed E-state index contributed by atoms with van der Waals surface area (Å²) in [6.45, 7) is 12.7. The zero-order valence-electron chi connectivity index (χ0n) is 14.7. The van der Waals surface area contributed by atoms with Gasteiger partial charge in [0.05, 0.1) is 12.8 Å². The number of nitrogens with zero attached hydrogens (tertiary/aromatic N) is 2. The van der Waals surface area contributed by atoms with Crippen LogP contribution in [-0.2, 0) is 0 Å². The second kappa shape index (κ2) is 8.56. The first-order valence-electron chi connectivity index (χ1n) is 8.43. The highest BCUT2D eigenvalue weighted by Crippen LogP contribution is 2.35. The normalized spacial score (nSPS) is 15.6. The number of hydrogen-bond donors (Lipinski definition) is 1. The minimum atomic E-state index is 0.894. The van der Waals surface area contributed by atoms with Crippen LogP contribution >= 0.6 is 9.39 Å². The fraction of sp³-hybridized carbons (Fsp3) is 0.556. The van der Waals surface area contributed by atoms with Gasteiger partial charge in [0.1, 0.15) is 5.75 Å². The molecule has 0 radical (unpaired) electrons. The molecule has 0 spiro atoms. The Morgan fingerprint density at radius 3 is 2.61 bits per heavy atom. The molecule has 4 nitrogen and oxygen atoms in total. The van der Waals surface area contributed by atoms with Crippen molar-refractivity contribution in [2.45, 2.75) is 33.1 Å². The van der Waals surface area contributed by atoms with E-state index in [4.69, 9.17) is 4.74 Å². The van der Waals surface area contributed by atoms with Gasteiger partial charge in [0.15, 0.2) is 0 Å². The van der Waals surface area contributed by atoms with Crippen molar-refractivity contribution in [2.24, 2.45) is 0 Å². The van der Waals surface area contributed by atoms with Crippen LogP contribution in [-0.4, -0.2) is 38.0 Å². The molecular formula is C18H30N3OP. The van der Waals surface area contributed by atoms with E-state index in [1.54, 1.807) is 7.11 Å². The highest BCUT2D eigenvalue weighted by molar-refractivity contribution is 7.13. The zero-order valence-corrected chi connectivity index (χ0v) is 15.8. The Hall–Kier alpha value is -1.25. The predicted octanol–water partition coefficient (Wildman–Crippen LogP) is 4.03. The largest absolute Gasteiger partial charge is 0.494 e. The summed E-state index contributed by atoms with van der Waals surface area (Å²) < 4.78 is 7.93. The summed E-state index contributed by atoms with van der Waals surface area (Å²) in [6.07, 6.45) is 3.33. The average Bonchev–Trinajstić information content (AvgIpc) is 2.55. The molecule has 1 aromatic carbocycles. The number of piperazine rings is 1. The maximum absolute atomic E-state index is 5.64. The van der Waals surface area contributed by atoms with Crippen LogP contribution in [0.3, 0.4) is 0 Å². The molecule has 0 bridgehead atoms. The van der Waals surface area contributed by atoms with Gasteiger partial charge in [-0.3, -0.25) is 4.67 Å². The second-order valence-electron chi connectivity index (χ2n) is 6.20. The van der Waals surface area contributed by atoms with Crippen molar-refractivity contribution in [1.29, 1.82) is 0 Å². The van der Waals surface area contributed by atoms with E-state index >= 15 is 0 Å². The lowest BCUT2D eigenvalue weighted by Crippen LogP contribution is -2.42. The van der Waals surface area contributed by atoms with E-state index in [9.17, 15) is 0 Å². The number of nitrogens with one attached hydrogen (secondary N) is 1. The van der Waals surface area contributed by atoms with Crippen LogP contribution in [0.25, 0.3) is 0 Å². The topological polar surface area (TPSA) is 27.7 Å². The van der Waals surface area contributed by atoms with Gasteiger partial charge in [-0.2, -0.15) is 0 Å². The molecule has 1 aliphatic heterocycles. The first-order valence-corrected chi connectivity index (χ1v) is 8.94. The molecule has 0 amide bonds. The molecule has 2 rings (SSSR count). The molecule has 128 valence electrons. The van der Waals surface area contributed by atoms with Crippen molar-refractivity contribution in [3.05, 3.63) is 30.0 Å². The molecule has 1 heterocycles. The standard InChI is InChI=1S/C18H30N3OP/c1-5-6-7-15(3)19-18-14(2)12-16(13-17(18)22-4)20-8-10-21(23)11-9-20/h12-13,19H,3,5-11,23H2,1-2,4H3. The van der Waals surface area contributed by atoms with Gasteiger partial charge in [-0.15, -0.1) is 0 Å². The van der Waals surface area contributed by atoms with Gasteiger partial charge in [-0.05, 0) is 31.4 Å². The third kappa shape index (κ3) is 4.86. The summed E-state index contributed by atoms with van der Waals surface area (Å²) in [6, 6.07) is 4.39. The van der Waals surface area contributed by atoms with Gasteiger partial charge >= 0.3 is 0 Å². The Morgan fingerprint density at radius 1 is 1.30 bits per heavy atom. The van der Waals surface area contributed by atoms with Gasteiger partial charge < -0.3 is 15.0 Å². The highest BCUT2D eigenvalue weighted by Gasteiger charge is 2.17. The van der Waals surface area contributed by atoms with Gasteiger partial charge in [-0.25, -0.2) is 0 Å². The molecule has 0 aromatic heterocycles. The van der Waals surface area contributed by atoms with Crippen molar-refractivity contribution < 1.29 is 4.74 Å². The highest BCUT2D eigenvalue weighted by atomic mass is 31.0. The number of anilines is 2. The van der Waals surface area contributed by atoms with Crippen LogP contribution in [0.5, 0.6) is 5.75 Å². The van der Waals surface area contributed by atoms with Crippen LogP contribution in [0.15, 0.2) is 24.4 Å². The number of ether oxygens (including phenoxy) is 1. The molecule has 0 saturated carbocycles. The van der Waals surface area contributed by atoms with Crippen LogP contribution in [0, 0.1) is 6.92 Å². The Morgan fingerprint density at radius 2 is 2.00 bits per heavy atom. The molecule has 1 unspecified atom stereocenters. The quantitative estimate of drug-likeness (QED) is 0.761. The average molecular weight is 335 g/mol. The van der Waals surface area contributed by atoms with E-state index in [2.05, 4.69) is 56.8 Å². The number of methoxy groups -OCH3 is 1. The predicted molar refractivity (Wildman–Crippen MR) is 104 cm³/mol. The summed E-state index contributed by atoms with van der Waals surface area (Å²) in [7, 11) is 4.52. The Balaban J connectivity index is 2.16. The van der Waals surface area contributed by atoms with Gasteiger partial charge in [0.25, 0.3) is 0 Å². The van der Waals surface area contributed by atoms with E-state index in [0.29, 0.717) is 0 Å². The molecule has 0 aliphatic carbocycles. The molecule has 1 atom stereocenters. The van der Waals surface area contributed by atoms with Crippen LogP contribution in [0.1, 0.15) is 31.7 Å². The van der Waals surface area contributed by atoms with Crippen molar-refractivity contribution in [2.75, 3.05) is 43.5 Å². The minimum absolute atomic E-state index is 0.894. The smallest absolute Gasteiger partial charge is 0.144 e. The second-order valence-corrected chi connectivity index (χ2v) is 6.93. The van der Waals surface area contributed by atoms with Crippen LogP contribution in [0.2, 0.25) is 0 Å². The Labute approximate surface area is 143 Å². The monoisotopic (exact) mass is 335 g/mol. The van der Waals surface area contributed by atoms with E-state index in [0.717, 1.165) is 56.2 Å². The first-order chi connectivity index (χ1) is 11.0. The number of unbranched alkanes of at least 4 members (excludes halogenated alkanes) is 1. The Bertz CT molecular complexity index is 539. The molecule has 1 saturated heterocycles. The number of rotatable bonds is 7. The van der Waals surface area contributed by atoms with E-state index < -0.39 is 0 Å². The number of benzene rings is 1. The zero-order chi connectivity index (χ0) is 16.8. The van der Waals surface area contributed by atoms with E-state index in [-0.39, 0.29) is 0 Å². The summed E-state index contributed by atoms with van der Waals surface area (Å²) in [4.78, 5) is 2.42. The Kier molecular flexibility index (Phi) is 6.73. The van der Waals surface area contributed by atoms with Crippen molar-refractivity contribution in [3.8, 4) is 5.75 Å².